The molecule has 104 valence electrons. The van der Waals surface area contributed by atoms with Crippen molar-refractivity contribution in [2.75, 3.05) is 6.61 Å². The molecule has 1 aromatic heterocycles. The quantitative estimate of drug-likeness (QED) is 0.759. The molecular weight excluding hydrogens is 262 g/mol. The van der Waals surface area contributed by atoms with Gasteiger partial charge in [0, 0.05) is 5.56 Å². The fourth-order valence-electron chi connectivity index (χ4n) is 1.74. The Kier molecular flexibility index (Phi) is 4.17. The Morgan fingerprint density at radius 3 is 2.50 bits per heavy atom. The maximum atomic E-state index is 12.0. The van der Waals surface area contributed by atoms with E-state index in [1.54, 1.807) is 6.07 Å². The summed E-state index contributed by atoms with van der Waals surface area (Å²) in [4.78, 5) is 22.8. The number of carboxylic acid groups (broad SMARTS) is 1. The van der Waals surface area contributed by atoms with Gasteiger partial charge in [-0.05, 0) is 11.6 Å². The van der Waals surface area contributed by atoms with E-state index in [2.05, 4.69) is 5.32 Å². The number of aliphatic hydroxyl groups is 1. The van der Waals surface area contributed by atoms with Gasteiger partial charge in [0.2, 0.25) is 0 Å². The van der Waals surface area contributed by atoms with Crippen molar-refractivity contribution in [3.63, 3.8) is 0 Å². The lowest BCUT2D eigenvalue weighted by Gasteiger charge is -2.11. The zero-order valence-electron chi connectivity index (χ0n) is 10.4. The summed E-state index contributed by atoms with van der Waals surface area (Å²) in [5.74, 6) is -1.99. The topological polar surface area (TPSA) is 99.8 Å². The minimum atomic E-state index is -1.36. The molecule has 0 aliphatic heterocycles. The molecule has 0 radical (unpaired) electrons. The molecule has 0 bridgehead atoms. The molecule has 3 N–H and O–H groups in total. The Hall–Kier alpha value is -2.60. The van der Waals surface area contributed by atoms with E-state index in [4.69, 9.17) is 14.6 Å². The minimum absolute atomic E-state index is 0.0101. The van der Waals surface area contributed by atoms with Gasteiger partial charge in [-0.2, -0.15) is 0 Å². The largest absolute Gasteiger partial charge is 0.480 e. The number of amides is 1. The Morgan fingerprint density at radius 1 is 1.20 bits per heavy atom. The molecule has 1 amide bonds. The van der Waals surface area contributed by atoms with Gasteiger partial charge in [0.05, 0.1) is 12.9 Å². The van der Waals surface area contributed by atoms with Gasteiger partial charge >= 0.3 is 5.97 Å². The highest BCUT2D eigenvalue weighted by atomic mass is 16.4. The molecule has 1 aromatic carbocycles. The Bertz CT molecular complexity index is 605. The van der Waals surface area contributed by atoms with Crippen molar-refractivity contribution in [2.45, 2.75) is 6.04 Å². The summed E-state index contributed by atoms with van der Waals surface area (Å²) < 4.78 is 5.12. The van der Waals surface area contributed by atoms with E-state index in [0.29, 0.717) is 5.56 Å². The predicted molar refractivity (Wildman–Crippen MR) is 70.1 cm³/mol. The second-order valence-corrected chi connectivity index (χ2v) is 4.08. The number of furan rings is 1. The molecule has 0 saturated carbocycles. The molecule has 1 heterocycles. The van der Waals surface area contributed by atoms with Crippen LogP contribution in [0.3, 0.4) is 0 Å². The van der Waals surface area contributed by atoms with Gasteiger partial charge in [-0.1, -0.05) is 30.3 Å². The molecular formula is C14H13NO5. The van der Waals surface area contributed by atoms with Gasteiger partial charge in [0.1, 0.15) is 0 Å². The Balaban J connectivity index is 2.24. The fraction of sp³-hybridized carbons (Fsp3) is 0.143. The van der Waals surface area contributed by atoms with E-state index in [1.165, 1.54) is 6.26 Å². The van der Waals surface area contributed by atoms with Crippen LogP contribution in [0.15, 0.2) is 47.1 Å². The molecule has 0 aliphatic rings. The van der Waals surface area contributed by atoms with E-state index >= 15 is 0 Å². The monoisotopic (exact) mass is 275 g/mol. The first-order chi connectivity index (χ1) is 9.63. The fourth-order valence-corrected chi connectivity index (χ4v) is 1.74. The molecule has 20 heavy (non-hydrogen) atoms. The predicted octanol–water partition coefficient (Wildman–Crippen LogP) is 1.12. The van der Waals surface area contributed by atoms with Crippen LogP contribution in [-0.2, 0) is 4.79 Å². The average molecular weight is 275 g/mol. The third kappa shape index (κ3) is 2.86. The molecule has 0 saturated heterocycles. The summed E-state index contributed by atoms with van der Waals surface area (Å²) in [5.41, 5.74) is 1.34. The highest BCUT2D eigenvalue weighted by molar-refractivity contribution is 5.99. The lowest BCUT2D eigenvalue weighted by Crippen LogP contribution is -2.43. The van der Waals surface area contributed by atoms with Gasteiger partial charge < -0.3 is 19.9 Å². The van der Waals surface area contributed by atoms with Crippen LogP contribution in [0.25, 0.3) is 11.1 Å². The van der Waals surface area contributed by atoms with E-state index < -0.39 is 24.5 Å². The number of carbonyl (C=O) groups is 2. The van der Waals surface area contributed by atoms with Crippen molar-refractivity contribution in [3.05, 3.63) is 48.4 Å². The van der Waals surface area contributed by atoms with Gasteiger partial charge in [0.15, 0.2) is 11.8 Å². The summed E-state index contributed by atoms with van der Waals surface area (Å²) in [6, 6.07) is 9.35. The number of rotatable bonds is 5. The summed E-state index contributed by atoms with van der Waals surface area (Å²) in [7, 11) is 0. The molecule has 6 heteroatoms. The molecule has 6 nitrogen and oxygen atoms in total. The highest BCUT2D eigenvalue weighted by Gasteiger charge is 2.23. The maximum absolute atomic E-state index is 12.0. The lowest BCUT2D eigenvalue weighted by molar-refractivity contribution is -0.140. The first-order valence-electron chi connectivity index (χ1n) is 5.91. The Labute approximate surface area is 114 Å². The van der Waals surface area contributed by atoms with Crippen LogP contribution in [0.5, 0.6) is 0 Å². The number of nitrogens with one attached hydrogen (secondary N) is 1. The van der Waals surface area contributed by atoms with E-state index in [9.17, 15) is 9.59 Å². The minimum Gasteiger partial charge on any atom is -0.480 e. The molecule has 0 aliphatic carbocycles. The number of hydrogen-bond acceptors (Lipinski definition) is 4. The summed E-state index contributed by atoms with van der Waals surface area (Å²) in [6.07, 6.45) is 1.35. The van der Waals surface area contributed by atoms with E-state index in [1.807, 2.05) is 30.3 Å². The van der Waals surface area contributed by atoms with E-state index in [-0.39, 0.29) is 5.76 Å². The molecule has 2 aromatic rings. The third-order valence-electron chi connectivity index (χ3n) is 2.74. The van der Waals surface area contributed by atoms with E-state index in [0.717, 1.165) is 5.56 Å². The molecule has 1 atom stereocenters. The second-order valence-electron chi connectivity index (χ2n) is 4.08. The first kappa shape index (κ1) is 13.8. The van der Waals surface area contributed by atoms with Crippen LogP contribution >= 0.6 is 0 Å². The SMILES string of the molecule is O=C(N[C@H](CO)C(=O)O)c1occc1-c1ccccc1. The van der Waals surface area contributed by atoms with Crippen molar-refractivity contribution in [1.82, 2.24) is 5.32 Å². The number of carboxylic acids is 1. The maximum Gasteiger partial charge on any atom is 0.328 e. The lowest BCUT2D eigenvalue weighted by atomic mass is 10.1. The van der Waals surface area contributed by atoms with Crippen molar-refractivity contribution in [1.29, 1.82) is 0 Å². The number of hydrogen-bond donors (Lipinski definition) is 3. The molecule has 0 fully saturated rings. The molecule has 0 unspecified atom stereocenters. The average Bonchev–Trinajstić information content (AvgIpc) is 2.94. The molecule has 2 rings (SSSR count). The van der Waals surface area contributed by atoms with Crippen LogP contribution in [0.2, 0.25) is 0 Å². The van der Waals surface area contributed by atoms with Crippen molar-refractivity contribution < 1.29 is 24.2 Å². The third-order valence-corrected chi connectivity index (χ3v) is 2.74. The second kappa shape index (κ2) is 6.03. The van der Waals surface area contributed by atoms with Gasteiger partial charge in [0.25, 0.3) is 5.91 Å². The summed E-state index contributed by atoms with van der Waals surface area (Å²) in [6.45, 7) is -0.692. The van der Waals surface area contributed by atoms with Gasteiger partial charge in [-0.3, -0.25) is 4.79 Å². The summed E-state index contributed by atoms with van der Waals surface area (Å²) in [5, 5.41) is 19.9. The number of carbonyl (C=O) groups excluding carboxylic acids is 1. The zero-order valence-corrected chi connectivity index (χ0v) is 10.4. The summed E-state index contributed by atoms with van der Waals surface area (Å²) >= 11 is 0. The normalized spacial score (nSPS) is 11.8. The van der Waals surface area contributed by atoms with Crippen LogP contribution in [0, 0.1) is 0 Å². The van der Waals surface area contributed by atoms with Crippen LogP contribution in [0.1, 0.15) is 10.6 Å². The van der Waals surface area contributed by atoms with Crippen molar-refractivity contribution in [2.24, 2.45) is 0 Å². The van der Waals surface area contributed by atoms with Crippen molar-refractivity contribution in [3.8, 4) is 11.1 Å². The number of aliphatic carboxylic acids is 1. The van der Waals surface area contributed by atoms with Crippen LogP contribution < -0.4 is 5.32 Å². The van der Waals surface area contributed by atoms with Crippen LogP contribution in [-0.4, -0.2) is 34.7 Å². The number of aliphatic hydroxyl groups excluding tert-OH is 1. The van der Waals surface area contributed by atoms with Gasteiger partial charge in [-0.15, -0.1) is 0 Å². The number of benzene rings is 1. The van der Waals surface area contributed by atoms with Crippen molar-refractivity contribution >= 4 is 11.9 Å². The standard InChI is InChI=1S/C14H13NO5/c16-8-11(14(18)19)15-13(17)12-10(6-7-20-12)9-4-2-1-3-5-9/h1-7,11,16H,8H2,(H,15,17)(H,18,19)/t11-/m1/s1. The molecule has 0 spiro atoms. The Morgan fingerprint density at radius 2 is 1.90 bits per heavy atom. The van der Waals surface area contributed by atoms with Crippen LogP contribution in [0.4, 0.5) is 0 Å². The van der Waals surface area contributed by atoms with Gasteiger partial charge in [-0.25, -0.2) is 4.79 Å². The first-order valence-corrected chi connectivity index (χ1v) is 5.91. The zero-order chi connectivity index (χ0) is 14.5. The highest BCUT2D eigenvalue weighted by Crippen LogP contribution is 2.24. The smallest absolute Gasteiger partial charge is 0.328 e.